The summed E-state index contributed by atoms with van der Waals surface area (Å²) in [5.41, 5.74) is 4.54. The number of aliphatic hydroxyl groups is 1. The van der Waals surface area contributed by atoms with Crippen molar-refractivity contribution in [3.63, 3.8) is 0 Å². The molecule has 0 saturated carbocycles. The number of benzene rings is 1. The molecule has 2 heterocycles. The van der Waals surface area contributed by atoms with E-state index in [2.05, 4.69) is 20.8 Å². The standard InChI is InChI=1S/C12H10N4O4/c17-4-9-7-3-13-16-11(18)6-1-5(14-12(19)20)2-8(15-9)10(6)7/h1-3,14-15,17H,4H2,(H,16,18)(H,19,20). The molecule has 8 nitrogen and oxygen atoms in total. The van der Waals surface area contributed by atoms with Gasteiger partial charge in [0, 0.05) is 22.2 Å². The molecule has 0 atom stereocenters. The summed E-state index contributed by atoms with van der Waals surface area (Å²) < 4.78 is 0. The molecule has 102 valence electrons. The van der Waals surface area contributed by atoms with E-state index in [0.717, 1.165) is 0 Å². The van der Waals surface area contributed by atoms with E-state index in [0.29, 0.717) is 22.2 Å². The maximum Gasteiger partial charge on any atom is 0.409 e. The second-order valence-corrected chi connectivity index (χ2v) is 4.25. The molecule has 1 aromatic heterocycles. The van der Waals surface area contributed by atoms with Crippen LogP contribution >= 0.6 is 0 Å². The highest BCUT2D eigenvalue weighted by Crippen LogP contribution is 2.29. The van der Waals surface area contributed by atoms with Crippen LogP contribution in [-0.4, -0.2) is 33.4 Å². The molecule has 0 radical (unpaired) electrons. The lowest BCUT2D eigenvalue weighted by Crippen LogP contribution is -2.17. The Morgan fingerprint density at radius 3 is 2.90 bits per heavy atom. The first-order valence-corrected chi connectivity index (χ1v) is 5.73. The lowest BCUT2D eigenvalue weighted by atomic mass is 10.0. The second-order valence-electron chi connectivity index (χ2n) is 4.25. The summed E-state index contributed by atoms with van der Waals surface area (Å²) >= 11 is 0. The summed E-state index contributed by atoms with van der Waals surface area (Å²) in [6.45, 7) is -0.245. The van der Waals surface area contributed by atoms with Crippen molar-refractivity contribution < 1.29 is 19.8 Å². The molecule has 1 aliphatic rings. The number of carbonyl (C=O) groups is 2. The third-order valence-electron chi connectivity index (χ3n) is 3.03. The van der Waals surface area contributed by atoms with Crippen LogP contribution in [-0.2, 0) is 6.61 Å². The zero-order valence-electron chi connectivity index (χ0n) is 10.1. The van der Waals surface area contributed by atoms with Crippen LogP contribution in [0.1, 0.15) is 21.6 Å². The van der Waals surface area contributed by atoms with Crippen LogP contribution in [0.5, 0.6) is 0 Å². The Labute approximate surface area is 112 Å². The van der Waals surface area contributed by atoms with Crippen LogP contribution in [0, 0.1) is 0 Å². The van der Waals surface area contributed by atoms with Crippen LogP contribution < -0.4 is 10.7 Å². The van der Waals surface area contributed by atoms with E-state index in [1.165, 1.54) is 12.3 Å². The molecule has 3 rings (SSSR count). The highest BCUT2D eigenvalue weighted by Gasteiger charge is 2.21. The number of rotatable bonds is 2. The largest absolute Gasteiger partial charge is 0.465 e. The molecule has 8 heteroatoms. The van der Waals surface area contributed by atoms with Gasteiger partial charge >= 0.3 is 6.09 Å². The summed E-state index contributed by atoms with van der Waals surface area (Å²) in [5.74, 6) is -0.442. The van der Waals surface area contributed by atoms with Crippen molar-refractivity contribution in [2.24, 2.45) is 5.10 Å². The van der Waals surface area contributed by atoms with E-state index in [1.807, 2.05) is 0 Å². The van der Waals surface area contributed by atoms with Gasteiger partial charge in [0.15, 0.2) is 0 Å². The molecule has 1 aliphatic heterocycles. The van der Waals surface area contributed by atoms with Crippen LogP contribution in [0.15, 0.2) is 17.2 Å². The quantitative estimate of drug-likeness (QED) is 0.555. The highest BCUT2D eigenvalue weighted by molar-refractivity contribution is 6.16. The fourth-order valence-corrected chi connectivity index (χ4v) is 2.27. The maximum atomic E-state index is 12.0. The van der Waals surface area contributed by atoms with E-state index in [9.17, 15) is 14.7 Å². The molecule has 1 aromatic carbocycles. The average Bonchev–Trinajstić information content (AvgIpc) is 2.65. The smallest absolute Gasteiger partial charge is 0.409 e. The molecule has 0 bridgehead atoms. The van der Waals surface area contributed by atoms with Gasteiger partial charge in [0.1, 0.15) is 0 Å². The molecule has 2 aromatic rings. The van der Waals surface area contributed by atoms with Gasteiger partial charge in [-0.25, -0.2) is 10.2 Å². The topological polar surface area (TPSA) is 127 Å². The summed E-state index contributed by atoms with van der Waals surface area (Å²) in [4.78, 5) is 25.6. The van der Waals surface area contributed by atoms with Gasteiger partial charge in [-0.3, -0.25) is 10.1 Å². The average molecular weight is 274 g/mol. The van der Waals surface area contributed by atoms with Gasteiger partial charge < -0.3 is 15.2 Å². The van der Waals surface area contributed by atoms with Gasteiger partial charge in [-0.15, -0.1) is 0 Å². The van der Waals surface area contributed by atoms with Gasteiger partial charge in [0.25, 0.3) is 5.91 Å². The number of aromatic amines is 1. The minimum absolute atomic E-state index is 0.245. The summed E-state index contributed by atoms with van der Waals surface area (Å²) in [7, 11) is 0. The number of hydrogen-bond donors (Lipinski definition) is 5. The summed E-state index contributed by atoms with van der Waals surface area (Å²) in [6, 6.07) is 2.99. The number of hydrazone groups is 1. The Morgan fingerprint density at radius 2 is 2.20 bits per heavy atom. The predicted octanol–water partition coefficient (Wildman–Crippen LogP) is 0.827. The van der Waals surface area contributed by atoms with E-state index in [4.69, 9.17) is 5.11 Å². The van der Waals surface area contributed by atoms with Gasteiger partial charge in [0.2, 0.25) is 0 Å². The van der Waals surface area contributed by atoms with E-state index >= 15 is 0 Å². The van der Waals surface area contributed by atoms with Gasteiger partial charge in [-0.05, 0) is 12.1 Å². The first-order chi connectivity index (χ1) is 9.60. The molecule has 0 spiro atoms. The molecule has 0 fully saturated rings. The number of aromatic nitrogens is 1. The Bertz CT molecular complexity index is 762. The van der Waals surface area contributed by atoms with Crippen molar-refractivity contribution in [2.75, 3.05) is 5.32 Å². The molecule has 0 unspecified atom stereocenters. The van der Waals surface area contributed by atoms with Gasteiger partial charge in [0.05, 0.1) is 24.1 Å². The Hall–Kier alpha value is -2.87. The third-order valence-corrected chi connectivity index (χ3v) is 3.03. The van der Waals surface area contributed by atoms with E-state index < -0.39 is 12.0 Å². The minimum Gasteiger partial charge on any atom is -0.465 e. The molecule has 0 aliphatic carbocycles. The first-order valence-electron chi connectivity index (χ1n) is 5.73. The third kappa shape index (κ3) is 1.79. The number of aliphatic hydroxyl groups excluding tert-OH is 1. The zero-order valence-corrected chi connectivity index (χ0v) is 10.1. The first kappa shape index (κ1) is 12.2. The summed E-state index contributed by atoms with van der Waals surface area (Å²) in [5, 5.41) is 24.7. The number of carboxylic acid groups (broad SMARTS) is 1. The lowest BCUT2D eigenvalue weighted by Gasteiger charge is -2.05. The number of nitrogens with one attached hydrogen (secondary N) is 3. The maximum absolute atomic E-state index is 12.0. The van der Waals surface area contributed by atoms with Crippen LogP contribution in [0.3, 0.4) is 0 Å². The highest BCUT2D eigenvalue weighted by atomic mass is 16.4. The van der Waals surface area contributed by atoms with E-state index in [1.54, 1.807) is 6.07 Å². The Kier molecular flexibility index (Phi) is 2.65. The predicted molar refractivity (Wildman–Crippen MR) is 70.9 cm³/mol. The molecule has 0 saturated heterocycles. The summed E-state index contributed by atoms with van der Waals surface area (Å²) in [6.07, 6.45) is 0.222. The van der Waals surface area contributed by atoms with Crippen molar-refractivity contribution in [1.82, 2.24) is 10.4 Å². The molecule has 2 amide bonds. The fourth-order valence-electron chi connectivity index (χ4n) is 2.27. The fraction of sp³-hybridized carbons (Fsp3) is 0.0833. The molecular weight excluding hydrogens is 264 g/mol. The second kappa shape index (κ2) is 4.35. The van der Waals surface area contributed by atoms with Crippen molar-refractivity contribution in [3.8, 4) is 0 Å². The van der Waals surface area contributed by atoms with E-state index in [-0.39, 0.29) is 17.9 Å². The molecule has 5 N–H and O–H groups in total. The molecule has 20 heavy (non-hydrogen) atoms. The Balaban J connectivity index is 2.32. The Morgan fingerprint density at radius 1 is 1.40 bits per heavy atom. The van der Waals surface area contributed by atoms with Crippen LogP contribution in [0.4, 0.5) is 10.5 Å². The zero-order chi connectivity index (χ0) is 14.3. The van der Waals surface area contributed by atoms with Crippen LogP contribution in [0.2, 0.25) is 0 Å². The number of nitrogens with zero attached hydrogens (tertiary/aromatic N) is 1. The van der Waals surface area contributed by atoms with Crippen molar-refractivity contribution in [2.45, 2.75) is 6.61 Å². The number of H-pyrrole nitrogens is 1. The normalized spacial score (nSPS) is 13.2. The number of amides is 2. The van der Waals surface area contributed by atoms with Crippen LogP contribution in [0.25, 0.3) is 10.9 Å². The molecular formula is C12H10N4O4. The minimum atomic E-state index is -1.23. The number of carbonyl (C=O) groups excluding carboxylic acids is 1. The van der Waals surface area contributed by atoms with Gasteiger partial charge in [-0.2, -0.15) is 5.10 Å². The lowest BCUT2D eigenvalue weighted by molar-refractivity contribution is 0.0957. The van der Waals surface area contributed by atoms with Crippen molar-refractivity contribution >= 4 is 34.8 Å². The SMILES string of the molecule is O=C(O)Nc1cc2c3c(c(CO)[nH]c3c1)C=NNC2=O. The number of anilines is 1. The number of hydrogen-bond acceptors (Lipinski definition) is 4. The monoisotopic (exact) mass is 274 g/mol. The van der Waals surface area contributed by atoms with Gasteiger partial charge in [-0.1, -0.05) is 0 Å². The van der Waals surface area contributed by atoms with Crippen molar-refractivity contribution in [1.29, 1.82) is 0 Å². The van der Waals surface area contributed by atoms with Crippen molar-refractivity contribution in [3.05, 3.63) is 29.0 Å².